The average molecular weight is 556 g/mol. The Morgan fingerprint density at radius 1 is 1.03 bits per heavy atom. The lowest BCUT2D eigenvalue weighted by Gasteiger charge is -2.18. The highest BCUT2D eigenvalue weighted by Crippen LogP contribution is 2.31. The molecule has 0 atom stereocenters. The molecule has 0 aliphatic carbocycles. The molecular formula is C24H25N7O5S2. The zero-order chi connectivity index (χ0) is 27.4. The van der Waals surface area contributed by atoms with Crippen molar-refractivity contribution in [3.63, 3.8) is 0 Å². The zero-order valence-corrected chi connectivity index (χ0v) is 22.2. The molecule has 4 rings (SSSR count). The third-order valence-electron chi connectivity index (χ3n) is 5.74. The fourth-order valence-corrected chi connectivity index (χ4v) is 5.20. The van der Waals surface area contributed by atoms with Gasteiger partial charge in [0.1, 0.15) is 5.69 Å². The van der Waals surface area contributed by atoms with Gasteiger partial charge in [-0.3, -0.25) is 20.2 Å². The number of carbonyl (C=O) groups excluding carboxylic acids is 1. The highest BCUT2D eigenvalue weighted by molar-refractivity contribution is 7.92. The Morgan fingerprint density at radius 2 is 1.66 bits per heavy atom. The molecule has 0 saturated carbocycles. The second-order valence-electron chi connectivity index (χ2n) is 8.67. The van der Waals surface area contributed by atoms with E-state index in [0.717, 1.165) is 25.9 Å². The number of nitrogens with one attached hydrogen (secondary N) is 3. The van der Waals surface area contributed by atoms with Crippen LogP contribution < -0.4 is 20.3 Å². The number of thiocarbonyl (C=S) groups is 1. The molecule has 1 amide bonds. The van der Waals surface area contributed by atoms with E-state index in [9.17, 15) is 23.3 Å². The largest absolute Gasteiger partial charge is 0.366 e. The molecule has 0 spiro atoms. The monoisotopic (exact) mass is 555 g/mol. The first-order chi connectivity index (χ1) is 18.0. The number of hydrogen-bond acceptors (Lipinski definition) is 9. The summed E-state index contributed by atoms with van der Waals surface area (Å²) in [4.78, 5) is 33.9. The minimum atomic E-state index is -3.93. The van der Waals surface area contributed by atoms with E-state index in [0.29, 0.717) is 22.8 Å². The summed E-state index contributed by atoms with van der Waals surface area (Å²) < 4.78 is 27.7. The molecule has 198 valence electrons. The smallest absolute Gasteiger partial charge is 0.293 e. The van der Waals surface area contributed by atoms with Gasteiger partial charge in [0, 0.05) is 41.8 Å². The van der Waals surface area contributed by atoms with E-state index in [4.69, 9.17) is 12.2 Å². The number of sulfonamides is 1. The van der Waals surface area contributed by atoms with Gasteiger partial charge in [0.25, 0.3) is 21.6 Å². The quantitative estimate of drug-likeness (QED) is 0.224. The summed E-state index contributed by atoms with van der Waals surface area (Å²) in [5.74, 6) is -0.641. The lowest BCUT2D eigenvalue weighted by molar-refractivity contribution is -0.384. The number of aromatic nitrogens is 2. The van der Waals surface area contributed by atoms with E-state index in [1.807, 2.05) is 4.90 Å². The van der Waals surface area contributed by atoms with E-state index in [-0.39, 0.29) is 27.2 Å². The van der Waals surface area contributed by atoms with Crippen LogP contribution in [0.25, 0.3) is 0 Å². The third-order valence-corrected chi connectivity index (χ3v) is 7.29. The molecule has 2 heterocycles. The molecule has 1 aliphatic rings. The molecule has 1 fully saturated rings. The van der Waals surface area contributed by atoms with Crippen LogP contribution in [0.5, 0.6) is 0 Å². The number of anilines is 3. The molecule has 3 N–H and O–H groups in total. The van der Waals surface area contributed by atoms with Crippen LogP contribution in [-0.2, 0) is 10.0 Å². The van der Waals surface area contributed by atoms with Crippen LogP contribution >= 0.6 is 12.2 Å². The zero-order valence-electron chi connectivity index (χ0n) is 20.6. The number of benzene rings is 2. The summed E-state index contributed by atoms with van der Waals surface area (Å²) in [5, 5.41) is 16.8. The molecule has 0 unspecified atom stereocenters. The number of nitro benzene ring substituents is 1. The molecule has 0 bridgehead atoms. The summed E-state index contributed by atoms with van der Waals surface area (Å²) in [5.41, 5.74) is 2.11. The van der Waals surface area contributed by atoms with Crippen molar-refractivity contribution >= 4 is 56.3 Å². The summed E-state index contributed by atoms with van der Waals surface area (Å²) >= 11 is 5.19. The topological polar surface area (TPSA) is 159 Å². The van der Waals surface area contributed by atoms with Crippen LogP contribution in [0.2, 0.25) is 0 Å². The highest BCUT2D eigenvalue weighted by atomic mass is 32.2. The molecule has 1 aliphatic heterocycles. The van der Waals surface area contributed by atoms with E-state index in [1.165, 1.54) is 36.4 Å². The summed E-state index contributed by atoms with van der Waals surface area (Å²) in [7, 11) is -3.93. The molecule has 3 aromatic rings. The van der Waals surface area contributed by atoms with Crippen LogP contribution in [0.3, 0.4) is 0 Å². The number of hydrogen-bond donors (Lipinski definition) is 3. The van der Waals surface area contributed by atoms with Gasteiger partial charge in [-0.15, -0.1) is 0 Å². The third kappa shape index (κ3) is 6.39. The number of nitrogens with zero attached hydrogens (tertiary/aromatic N) is 4. The van der Waals surface area contributed by atoms with Crippen LogP contribution in [-0.4, -0.2) is 47.4 Å². The van der Waals surface area contributed by atoms with Crippen molar-refractivity contribution in [3.8, 4) is 0 Å². The first-order valence-corrected chi connectivity index (χ1v) is 13.5. The fourth-order valence-electron chi connectivity index (χ4n) is 4.04. The first-order valence-electron chi connectivity index (χ1n) is 11.6. The minimum absolute atomic E-state index is 0.0221. The molecule has 1 saturated heterocycles. The predicted molar refractivity (Wildman–Crippen MR) is 147 cm³/mol. The van der Waals surface area contributed by atoms with E-state index in [1.54, 1.807) is 26.0 Å². The Balaban J connectivity index is 1.40. The van der Waals surface area contributed by atoms with Gasteiger partial charge in [0.05, 0.1) is 9.82 Å². The molecule has 38 heavy (non-hydrogen) atoms. The molecular weight excluding hydrogens is 530 g/mol. The van der Waals surface area contributed by atoms with Gasteiger partial charge < -0.3 is 10.2 Å². The maximum atomic E-state index is 12.7. The number of carbonyl (C=O) groups is 1. The van der Waals surface area contributed by atoms with E-state index in [2.05, 4.69) is 25.3 Å². The normalized spacial score (nSPS) is 13.2. The van der Waals surface area contributed by atoms with Gasteiger partial charge in [-0.05, 0) is 81.4 Å². The van der Waals surface area contributed by atoms with Gasteiger partial charge in [-0.2, -0.15) is 0 Å². The van der Waals surface area contributed by atoms with Gasteiger partial charge in [-0.1, -0.05) is 0 Å². The van der Waals surface area contributed by atoms with Gasteiger partial charge in [-0.25, -0.2) is 23.1 Å². The SMILES string of the molecule is Cc1cc(C)nc(NS(=O)(=O)c2ccc(NC(=S)NC(=O)c3ccc(N4CCCC4)c([N+](=O)[O-])c3)cc2)n1. The molecule has 1 aromatic heterocycles. The molecule has 2 aromatic carbocycles. The molecule has 14 heteroatoms. The highest BCUT2D eigenvalue weighted by Gasteiger charge is 2.24. The summed E-state index contributed by atoms with van der Waals surface area (Å²) in [6.45, 7) is 4.94. The van der Waals surface area contributed by atoms with Crippen LogP contribution in [0, 0.1) is 24.0 Å². The van der Waals surface area contributed by atoms with Crippen LogP contribution in [0.1, 0.15) is 34.6 Å². The van der Waals surface area contributed by atoms with Crippen molar-refractivity contribution in [1.82, 2.24) is 15.3 Å². The van der Waals surface area contributed by atoms with Gasteiger partial charge in [0.2, 0.25) is 5.95 Å². The Bertz CT molecular complexity index is 1480. The van der Waals surface area contributed by atoms with Crippen LogP contribution in [0.15, 0.2) is 53.4 Å². The molecule has 0 radical (unpaired) electrons. The van der Waals surface area contributed by atoms with Crippen molar-refractivity contribution in [3.05, 3.63) is 75.6 Å². The number of nitro groups is 1. The summed E-state index contributed by atoms with van der Waals surface area (Å²) in [6, 6.07) is 11.7. The fraction of sp³-hybridized carbons (Fsp3) is 0.250. The van der Waals surface area contributed by atoms with E-state index >= 15 is 0 Å². The first kappa shape index (κ1) is 26.9. The van der Waals surface area contributed by atoms with Crippen molar-refractivity contribution in [2.24, 2.45) is 0 Å². The van der Waals surface area contributed by atoms with Crippen molar-refractivity contribution in [2.45, 2.75) is 31.6 Å². The lowest BCUT2D eigenvalue weighted by atomic mass is 10.1. The van der Waals surface area contributed by atoms with Crippen molar-refractivity contribution < 1.29 is 18.1 Å². The van der Waals surface area contributed by atoms with Crippen molar-refractivity contribution in [1.29, 1.82) is 0 Å². The predicted octanol–water partition coefficient (Wildman–Crippen LogP) is 3.53. The van der Waals surface area contributed by atoms with Gasteiger partial charge in [0.15, 0.2) is 5.11 Å². The van der Waals surface area contributed by atoms with E-state index < -0.39 is 20.9 Å². The minimum Gasteiger partial charge on any atom is -0.366 e. The average Bonchev–Trinajstić information content (AvgIpc) is 3.38. The maximum absolute atomic E-state index is 12.7. The Kier molecular flexibility index (Phi) is 7.83. The van der Waals surface area contributed by atoms with Crippen LogP contribution in [0.4, 0.5) is 23.0 Å². The number of rotatable bonds is 7. The second kappa shape index (κ2) is 11.1. The van der Waals surface area contributed by atoms with Crippen molar-refractivity contribution in [2.75, 3.05) is 28.0 Å². The lowest BCUT2D eigenvalue weighted by Crippen LogP contribution is -2.34. The standard InChI is InChI=1S/C24H25N7O5S2/c1-15-13-16(2)26-23(25-15)29-38(35,36)19-8-6-18(7-9-19)27-24(37)28-22(32)17-5-10-20(21(14-17)31(33)34)30-11-3-4-12-30/h5-10,13-14H,3-4,11-12H2,1-2H3,(H,25,26,29)(H2,27,28,32,37). The summed E-state index contributed by atoms with van der Waals surface area (Å²) in [6.07, 6.45) is 1.92. The Morgan fingerprint density at radius 3 is 2.26 bits per heavy atom. The Labute approximate surface area is 224 Å². The van der Waals surface area contributed by atoms with Gasteiger partial charge >= 0.3 is 0 Å². The molecule has 12 nitrogen and oxygen atoms in total. The Hall–Kier alpha value is -4.17. The number of aryl methyl sites for hydroxylation is 2. The second-order valence-corrected chi connectivity index (χ2v) is 10.8. The maximum Gasteiger partial charge on any atom is 0.293 e. The number of amides is 1.